The number of ether oxygens (including phenoxy) is 2. The van der Waals surface area contributed by atoms with Crippen LogP contribution in [-0.4, -0.2) is 43.6 Å². The van der Waals surface area contributed by atoms with Crippen LogP contribution in [0.4, 0.5) is 4.79 Å². The van der Waals surface area contributed by atoms with E-state index in [1.165, 1.54) is 19.1 Å². The molecule has 0 fully saturated rings. The summed E-state index contributed by atoms with van der Waals surface area (Å²) in [7, 11) is 2.66. The lowest BCUT2D eigenvalue weighted by molar-refractivity contribution is -0.139. The summed E-state index contributed by atoms with van der Waals surface area (Å²) in [5.74, 6) is -0.836. The fraction of sp³-hybridized carbons (Fsp3) is 0.381. The molecular weight excluding hydrogens is 360 g/mol. The van der Waals surface area contributed by atoms with Crippen molar-refractivity contribution in [3.63, 3.8) is 0 Å². The van der Waals surface area contributed by atoms with E-state index in [0.717, 1.165) is 5.56 Å². The van der Waals surface area contributed by atoms with Crippen LogP contribution in [0.25, 0.3) is 0 Å². The topological polar surface area (TPSA) is 84.9 Å². The van der Waals surface area contributed by atoms with Gasteiger partial charge in [0.05, 0.1) is 32.3 Å². The number of allylic oxidation sites excluding steroid dienone is 1. The third kappa shape index (κ3) is 5.00. The number of nitrogens with zero attached hydrogens (tertiary/aromatic N) is 1. The molecule has 1 aromatic carbocycles. The third-order valence-corrected chi connectivity index (χ3v) is 4.58. The number of amides is 2. The van der Waals surface area contributed by atoms with E-state index in [0.29, 0.717) is 17.8 Å². The number of carbonyl (C=O) groups is 3. The van der Waals surface area contributed by atoms with E-state index < -0.39 is 12.0 Å². The summed E-state index contributed by atoms with van der Waals surface area (Å²) in [6.07, 6.45) is 3.73. The molecule has 0 aliphatic carbocycles. The Balaban J connectivity index is 2.27. The molecule has 1 heterocycles. The molecule has 0 aromatic heterocycles. The van der Waals surface area contributed by atoms with Crippen molar-refractivity contribution in [2.45, 2.75) is 26.3 Å². The molecule has 7 nitrogen and oxygen atoms in total. The molecule has 1 aromatic rings. The molecule has 0 unspecified atom stereocenters. The second-order valence-corrected chi connectivity index (χ2v) is 6.58. The summed E-state index contributed by atoms with van der Waals surface area (Å²) in [5, 5.41) is 2.90. The van der Waals surface area contributed by atoms with Gasteiger partial charge in [0.2, 0.25) is 0 Å². The molecule has 2 atom stereocenters. The maximum absolute atomic E-state index is 12.7. The van der Waals surface area contributed by atoms with Crippen molar-refractivity contribution in [2.75, 3.05) is 20.8 Å². The third-order valence-electron chi connectivity index (χ3n) is 4.58. The summed E-state index contributed by atoms with van der Waals surface area (Å²) in [5.41, 5.74) is 1.76. The normalized spacial score (nSPS) is 18.1. The van der Waals surface area contributed by atoms with Gasteiger partial charge >= 0.3 is 18.0 Å². The Morgan fingerprint density at radius 2 is 1.89 bits per heavy atom. The van der Waals surface area contributed by atoms with Gasteiger partial charge in [-0.2, -0.15) is 0 Å². The Kier molecular flexibility index (Phi) is 7.37. The number of nitrogens with one attached hydrogen (secondary N) is 1. The summed E-state index contributed by atoms with van der Waals surface area (Å²) in [4.78, 5) is 37.9. The zero-order chi connectivity index (χ0) is 20.7. The minimum absolute atomic E-state index is 0.0301. The predicted octanol–water partition coefficient (Wildman–Crippen LogP) is 2.96. The molecule has 0 saturated carbocycles. The van der Waals surface area contributed by atoms with E-state index in [4.69, 9.17) is 4.74 Å². The zero-order valence-corrected chi connectivity index (χ0v) is 16.6. The molecule has 2 rings (SSSR count). The first-order valence-electron chi connectivity index (χ1n) is 9.04. The zero-order valence-electron chi connectivity index (χ0n) is 16.6. The van der Waals surface area contributed by atoms with E-state index in [9.17, 15) is 14.4 Å². The monoisotopic (exact) mass is 386 g/mol. The highest BCUT2D eigenvalue weighted by atomic mass is 16.5. The van der Waals surface area contributed by atoms with Gasteiger partial charge in [-0.3, -0.25) is 9.69 Å². The standard InChI is InChI=1S/C21H26N2O5/c1-14(9-8-12-17(24)27-3)13-23-15(2)18(20(25)28-4)19(22-21(23)26)16-10-6-5-7-11-16/h5-11,14,19H,12-13H2,1-4H3,(H,22,26)/b9-8+/t14-,19-/m0/s1. The van der Waals surface area contributed by atoms with Gasteiger partial charge in [0.15, 0.2) is 0 Å². The molecule has 28 heavy (non-hydrogen) atoms. The van der Waals surface area contributed by atoms with Crippen LogP contribution in [-0.2, 0) is 19.1 Å². The molecule has 0 saturated heterocycles. The summed E-state index contributed by atoms with van der Waals surface area (Å²) >= 11 is 0. The molecule has 7 heteroatoms. The second-order valence-electron chi connectivity index (χ2n) is 6.58. The van der Waals surface area contributed by atoms with Gasteiger partial charge in [-0.25, -0.2) is 9.59 Å². The molecule has 1 N–H and O–H groups in total. The van der Waals surface area contributed by atoms with E-state index in [2.05, 4.69) is 10.1 Å². The van der Waals surface area contributed by atoms with Crippen LogP contribution in [0.2, 0.25) is 0 Å². The molecule has 1 aliphatic heterocycles. The number of benzene rings is 1. The van der Waals surface area contributed by atoms with Gasteiger partial charge in [0.1, 0.15) is 0 Å². The van der Waals surface area contributed by atoms with Crippen LogP contribution >= 0.6 is 0 Å². The molecule has 0 bridgehead atoms. The lowest BCUT2D eigenvalue weighted by Crippen LogP contribution is -2.49. The average molecular weight is 386 g/mol. The lowest BCUT2D eigenvalue weighted by Gasteiger charge is -2.36. The number of hydrogen-bond donors (Lipinski definition) is 1. The van der Waals surface area contributed by atoms with Crippen LogP contribution in [0.1, 0.15) is 31.9 Å². The first-order chi connectivity index (χ1) is 13.4. The van der Waals surface area contributed by atoms with E-state index in [1.807, 2.05) is 43.3 Å². The smallest absolute Gasteiger partial charge is 0.337 e. The SMILES string of the molecule is COC(=O)C/C=C/[C@H](C)CN1C(=O)N[C@@H](c2ccccc2)C(C(=O)OC)=C1C. The summed E-state index contributed by atoms with van der Waals surface area (Å²) in [6, 6.07) is 8.44. The second kappa shape index (κ2) is 9.73. The van der Waals surface area contributed by atoms with Gasteiger partial charge in [-0.1, -0.05) is 49.4 Å². The number of esters is 2. The Hall–Kier alpha value is -3.09. The largest absolute Gasteiger partial charge is 0.469 e. The van der Waals surface area contributed by atoms with Crippen LogP contribution in [0.15, 0.2) is 53.8 Å². The maximum atomic E-state index is 12.7. The van der Waals surface area contributed by atoms with Crippen LogP contribution in [0.3, 0.4) is 0 Å². The number of carbonyl (C=O) groups excluding carboxylic acids is 3. The average Bonchev–Trinajstić information content (AvgIpc) is 2.70. The highest BCUT2D eigenvalue weighted by molar-refractivity contribution is 5.95. The lowest BCUT2D eigenvalue weighted by atomic mass is 9.94. The predicted molar refractivity (Wildman–Crippen MR) is 104 cm³/mol. The van der Waals surface area contributed by atoms with Crippen molar-refractivity contribution >= 4 is 18.0 Å². The van der Waals surface area contributed by atoms with Crippen LogP contribution in [0, 0.1) is 5.92 Å². The maximum Gasteiger partial charge on any atom is 0.337 e. The van der Waals surface area contributed by atoms with Crippen LogP contribution in [0.5, 0.6) is 0 Å². The number of urea groups is 1. The molecular formula is C21H26N2O5. The number of methoxy groups -OCH3 is 2. The highest BCUT2D eigenvalue weighted by Crippen LogP contribution is 2.31. The van der Waals surface area contributed by atoms with Crippen molar-refractivity contribution in [1.82, 2.24) is 10.2 Å². The number of hydrogen-bond acceptors (Lipinski definition) is 5. The van der Waals surface area contributed by atoms with E-state index in [1.54, 1.807) is 13.0 Å². The molecule has 1 aliphatic rings. The number of rotatable bonds is 7. The fourth-order valence-corrected chi connectivity index (χ4v) is 3.10. The van der Waals surface area contributed by atoms with Crippen molar-refractivity contribution in [3.8, 4) is 0 Å². The van der Waals surface area contributed by atoms with Gasteiger partial charge in [0.25, 0.3) is 0 Å². The van der Waals surface area contributed by atoms with Gasteiger partial charge < -0.3 is 14.8 Å². The van der Waals surface area contributed by atoms with Crippen LogP contribution < -0.4 is 5.32 Å². The molecule has 0 spiro atoms. The molecule has 0 radical (unpaired) electrons. The minimum Gasteiger partial charge on any atom is -0.469 e. The Morgan fingerprint density at radius 1 is 1.21 bits per heavy atom. The summed E-state index contributed by atoms with van der Waals surface area (Å²) in [6.45, 7) is 4.03. The molecule has 150 valence electrons. The molecule has 2 amide bonds. The Labute approximate surface area is 165 Å². The van der Waals surface area contributed by atoms with Gasteiger partial charge in [-0.05, 0) is 18.4 Å². The van der Waals surface area contributed by atoms with Crippen molar-refractivity contribution in [2.24, 2.45) is 5.92 Å². The van der Waals surface area contributed by atoms with Gasteiger partial charge in [-0.15, -0.1) is 0 Å². The van der Waals surface area contributed by atoms with E-state index >= 15 is 0 Å². The quantitative estimate of drug-likeness (QED) is 0.575. The van der Waals surface area contributed by atoms with Crippen molar-refractivity contribution in [1.29, 1.82) is 0 Å². The van der Waals surface area contributed by atoms with Gasteiger partial charge in [0, 0.05) is 12.2 Å². The van der Waals surface area contributed by atoms with E-state index in [-0.39, 0.29) is 24.3 Å². The first kappa shape index (κ1) is 21.2. The Morgan fingerprint density at radius 3 is 2.50 bits per heavy atom. The minimum atomic E-state index is -0.567. The summed E-state index contributed by atoms with van der Waals surface area (Å²) < 4.78 is 9.56. The first-order valence-corrected chi connectivity index (χ1v) is 9.04. The highest BCUT2D eigenvalue weighted by Gasteiger charge is 2.36. The fourth-order valence-electron chi connectivity index (χ4n) is 3.10. The van der Waals surface area contributed by atoms with Crippen molar-refractivity contribution in [3.05, 3.63) is 59.3 Å². The van der Waals surface area contributed by atoms with Crippen molar-refractivity contribution < 1.29 is 23.9 Å². The Bertz CT molecular complexity index is 785.